The van der Waals surface area contributed by atoms with Gasteiger partial charge in [0.25, 0.3) is 0 Å². The van der Waals surface area contributed by atoms with E-state index in [1.165, 1.54) is 12.1 Å². The van der Waals surface area contributed by atoms with Crippen LogP contribution in [0.4, 0.5) is 0 Å². The van der Waals surface area contributed by atoms with E-state index in [0.717, 1.165) is 11.1 Å². The molecule has 0 saturated carbocycles. The molecule has 3 aromatic rings. The van der Waals surface area contributed by atoms with E-state index >= 15 is 0 Å². The predicted octanol–water partition coefficient (Wildman–Crippen LogP) is 5.68. The quantitative estimate of drug-likeness (QED) is 0.434. The molecule has 0 aromatic heterocycles. The summed E-state index contributed by atoms with van der Waals surface area (Å²) in [5.74, 6) is -0.303. The van der Waals surface area contributed by atoms with Crippen molar-refractivity contribution in [3.63, 3.8) is 0 Å². The highest BCUT2D eigenvalue weighted by Crippen LogP contribution is 2.22. The van der Waals surface area contributed by atoms with Crippen LogP contribution in [0.2, 0.25) is 5.02 Å². The molecule has 0 amide bonds. The van der Waals surface area contributed by atoms with Gasteiger partial charge in [0.2, 0.25) is 0 Å². The molecule has 0 aliphatic heterocycles. The summed E-state index contributed by atoms with van der Waals surface area (Å²) in [6.07, 6.45) is 1.74. The van der Waals surface area contributed by atoms with E-state index < -0.39 is 5.97 Å². The number of nitriles is 1. The van der Waals surface area contributed by atoms with Gasteiger partial charge in [-0.2, -0.15) is 5.26 Å². The third-order valence-electron chi connectivity index (χ3n) is 4.11. The van der Waals surface area contributed by atoms with Crippen LogP contribution in [0.25, 0.3) is 11.6 Å². The molecular weight excluding hydrogens is 374 g/mol. The number of carboxylic acids is 1. The van der Waals surface area contributed by atoms with Gasteiger partial charge in [0, 0.05) is 10.6 Å². The number of ether oxygens (including phenoxy) is 1. The van der Waals surface area contributed by atoms with Crippen molar-refractivity contribution in [3.05, 3.63) is 100 Å². The first-order valence-electron chi connectivity index (χ1n) is 8.48. The van der Waals surface area contributed by atoms with Gasteiger partial charge in [0.1, 0.15) is 12.4 Å². The maximum absolute atomic E-state index is 10.9. The molecule has 0 heterocycles. The van der Waals surface area contributed by atoms with Crippen LogP contribution in [0.15, 0.2) is 72.8 Å². The molecule has 0 fully saturated rings. The van der Waals surface area contributed by atoms with Crippen molar-refractivity contribution in [1.82, 2.24) is 0 Å². The molecule has 138 valence electrons. The molecule has 5 heteroatoms. The number of hydrogen-bond acceptors (Lipinski definition) is 3. The van der Waals surface area contributed by atoms with E-state index in [1.54, 1.807) is 18.2 Å². The second-order valence-corrected chi connectivity index (χ2v) is 6.41. The lowest BCUT2D eigenvalue weighted by molar-refractivity contribution is 0.0697. The fraction of sp³-hybridized carbons (Fsp3) is 0.0435. The Morgan fingerprint density at radius 3 is 2.25 bits per heavy atom. The number of hydrogen-bond donors (Lipinski definition) is 1. The molecule has 0 radical (unpaired) electrons. The number of carboxylic acid groups (broad SMARTS) is 1. The van der Waals surface area contributed by atoms with Gasteiger partial charge < -0.3 is 9.84 Å². The molecule has 3 rings (SSSR count). The molecule has 0 aliphatic rings. The summed E-state index contributed by atoms with van der Waals surface area (Å²) in [6, 6.07) is 23.2. The van der Waals surface area contributed by atoms with E-state index in [4.69, 9.17) is 21.4 Å². The first-order valence-corrected chi connectivity index (χ1v) is 8.86. The van der Waals surface area contributed by atoms with Crippen LogP contribution in [0.1, 0.15) is 27.0 Å². The minimum atomic E-state index is -0.999. The minimum Gasteiger partial charge on any atom is -0.489 e. The second kappa shape index (κ2) is 8.90. The highest BCUT2D eigenvalue weighted by Gasteiger charge is 2.06. The molecule has 28 heavy (non-hydrogen) atoms. The van der Waals surface area contributed by atoms with Crippen molar-refractivity contribution in [2.75, 3.05) is 0 Å². The zero-order chi connectivity index (χ0) is 19.9. The highest BCUT2D eigenvalue weighted by molar-refractivity contribution is 6.31. The standard InChI is InChI=1S/C23H16ClNO3/c24-22-4-2-1-3-19(22)15-28-21-11-5-16(6-12-21)13-20(14-25)17-7-9-18(10-8-17)23(26)27/h1-13H,15H2,(H,26,27)/b20-13-. The molecule has 0 unspecified atom stereocenters. The fourth-order valence-electron chi connectivity index (χ4n) is 2.58. The van der Waals surface area contributed by atoms with E-state index in [1.807, 2.05) is 48.5 Å². The number of rotatable bonds is 6. The van der Waals surface area contributed by atoms with Crippen LogP contribution in [0, 0.1) is 11.3 Å². The number of nitrogens with zero attached hydrogens (tertiary/aromatic N) is 1. The second-order valence-electron chi connectivity index (χ2n) is 6.00. The number of carbonyl (C=O) groups is 1. The zero-order valence-corrected chi connectivity index (χ0v) is 15.6. The summed E-state index contributed by atoms with van der Waals surface area (Å²) in [6.45, 7) is 0.369. The van der Waals surface area contributed by atoms with E-state index in [0.29, 0.717) is 28.5 Å². The normalized spacial score (nSPS) is 10.9. The summed E-state index contributed by atoms with van der Waals surface area (Å²) >= 11 is 6.12. The molecule has 0 spiro atoms. The lowest BCUT2D eigenvalue weighted by atomic mass is 10.0. The van der Waals surface area contributed by atoms with Gasteiger partial charge in [-0.1, -0.05) is 54.1 Å². The highest BCUT2D eigenvalue weighted by atomic mass is 35.5. The molecular formula is C23H16ClNO3. The Bertz CT molecular complexity index is 1050. The summed E-state index contributed by atoms with van der Waals surface area (Å²) in [5, 5.41) is 19.1. The van der Waals surface area contributed by atoms with Crippen molar-refractivity contribution in [2.45, 2.75) is 6.61 Å². The number of halogens is 1. The maximum atomic E-state index is 10.9. The summed E-state index contributed by atoms with van der Waals surface area (Å²) < 4.78 is 5.75. The van der Waals surface area contributed by atoms with Gasteiger partial charge >= 0.3 is 5.97 Å². The molecule has 0 aliphatic carbocycles. The first-order chi connectivity index (χ1) is 13.6. The third-order valence-corrected chi connectivity index (χ3v) is 4.48. The van der Waals surface area contributed by atoms with Gasteiger partial charge in [0.05, 0.1) is 17.2 Å². The average molecular weight is 390 g/mol. The van der Waals surface area contributed by atoms with Crippen molar-refractivity contribution in [2.24, 2.45) is 0 Å². The Kier molecular flexibility index (Phi) is 6.11. The molecule has 0 bridgehead atoms. The third kappa shape index (κ3) is 4.79. The van der Waals surface area contributed by atoms with E-state index in [9.17, 15) is 10.1 Å². The summed E-state index contributed by atoms with van der Waals surface area (Å²) in [7, 11) is 0. The lowest BCUT2D eigenvalue weighted by Crippen LogP contribution is -1.96. The Morgan fingerprint density at radius 1 is 1.00 bits per heavy atom. The SMILES string of the molecule is N#C/C(=C/c1ccc(OCc2ccccc2Cl)cc1)c1ccc(C(=O)O)cc1. The van der Waals surface area contributed by atoms with Crippen molar-refractivity contribution >= 4 is 29.2 Å². The van der Waals surface area contributed by atoms with E-state index in [2.05, 4.69) is 6.07 Å². The Labute approximate surface area is 167 Å². The van der Waals surface area contributed by atoms with Gasteiger partial charge in [-0.15, -0.1) is 0 Å². The van der Waals surface area contributed by atoms with Crippen LogP contribution in [0.3, 0.4) is 0 Å². The van der Waals surface area contributed by atoms with Crippen molar-refractivity contribution in [3.8, 4) is 11.8 Å². The molecule has 4 nitrogen and oxygen atoms in total. The Morgan fingerprint density at radius 2 is 1.64 bits per heavy atom. The van der Waals surface area contributed by atoms with Crippen LogP contribution in [-0.4, -0.2) is 11.1 Å². The van der Waals surface area contributed by atoms with E-state index in [-0.39, 0.29) is 5.56 Å². The van der Waals surface area contributed by atoms with Crippen molar-refractivity contribution < 1.29 is 14.6 Å². The Balaban J connectivity index is 1.72. The monoisotopic (exact) mass is 389 g/mol. The fourth-order valence-corrected chi connectivity index (χ4v) is 2.77. The minimum absolute atomic E-state index is 0.182. The number of aromatic carboxylic acids is 1. The lowest BCUT2D eigenvalue weighted by Gasteiger charge is -2.08. The van der Waals surface area contributed by atoms with Gasteiger partial charge in [-0.3, -0.25) is 0 Å². The summed E-state index contributed by atoms with van der Waals surface area (Å²) in [4.78, 5) is 10.9. The van der Waals surface area contributed by atoms with Crippen LogP contribution in [0.5, 0.6) is 5.75 Å². The topological polar surface area (TPSA) is 70.3 Å². The average Bonchev–Trinajstić information content (AvgIpc) is 2.72. The number of benzene rings is 3. The first kappa shape index (κ1) is 19.2. The Hall–Kier alpha value is -3.55. The maximum Gasteiger partial charge on any atom is 0.335 e. The van der Waals surface area contributed by atoms with Crippen LogP contribution < -0.4 is 4.74 Å². The van der Waals surface area contributed by atoms with Crippen LogP contribution >= 0.6 is 11.6 Å². The largest absolute Gasteiger partial charge is 0.489 e. The van der Waals surface area contributed by atoms with Gasteiger partial charge in [0.15, 0.2) is 0 Å². The molecule has 0 atom stereocenters. The zero-order valence-electron chi connectivity index (χ0n) is 14.8. The molecule has 3 aromatic carbocycles. The van der Waals surface area contributed by atoms with Gasteiger partial charge in [-0.05, 0) is 47.5 Å². The smallest absolute Gasteiger partial charge is 0.335 e. The summed E-state index contributed by atoms with van der Waals surface area (Å²) in [5.41, 5.74) is 3.03. The number of allylic oxidation sites excluding steroid dienone is 1. The van der Waals surface area contributed by atoms with Gasteiger partial charge in [-0.25, -0.2) is 4.79 Å². The predicted molar refractivity (Wildman–Crippen MR) is 109 cm³/mol. The van der Waals surface area contributed by atoms with Crippen molar-refractivity contribution in [1.29, 1.82) is 5.26 Å². The molecule has 0 saturated heterocycles. The molecule has 1 N–H and O–H groups in total. The van der Waals surface area contributed by atoms with Crippen LogP contribution in [-0.2, 0) is 6.61 Å².